The van der Waals surface area contributed by atoms with Crippen molar-refractivity contribution in [1.29, 1.82) is 0 Å². The van der Waals surface area contributed by atoms with Crippen LogP contribution in [-0.4, -0.2) is 30.4 Å². The van der Waals surface area contributed by atoms with Gasteiger partial charge in [0.1, 0.15) is 0 Å². The highest BCUT2D eigenvalue weighted by molar-refractivity contribution is 5.95. The third-order valence-electron chi connectivity index (χ3n) is 3.01. The monoisotopic (exact) mass is 306 g/mol. The molecule has 0 saturated carbocycles. The lowest BCUT2D eigenvalue weighted by molar-refractivity contribution is -0.153. The van der Waals surface area contributed by atoms with E-state index in [1.807, 2.05) is 24.3 Å². The number of ether oxygens (including phenoxy) is 1. The quantitative estimate of drug-likeness (QED) is 0.750. The Labute approximate surface area is 130 Å². The highest BCUT2D eigenvalue weighted by Crippen LogP contribution is 2.11. The molecule has 6 nitrogen and oxygen atoms in total. The first-order valence-corrected chi connectivity index (χ1v) is 7.26. The van der Waals surface area contributed by atoms with E-state index >= 15 is 0 Å². The molecule has 1 rings (SSSR count). The lowest BCUT2D eigenvalue weighted by Crippen LogP contribution is -2.31. The van der Waals surface area contributed by atoms with Gasteiger partial charge in [0.2, 0.25) is 5.91 Å². The van der Waals surface area contributed by atoms with E-state index in [0.29, 0.717) is 5.69 Å². The number of hydrogen-bond acceptors (Lipinski definition) is 4. The van der Waals surface area contributed by atoms with Gasteiger partial charge >= 0.3 is 5.97 Å². The van der Waals surface area contributed by atoms with Gasteiger partial charge in [-0.2, -0.15) is 0 Å². The maximum absolute atomic E-state index is 11.9. The summed E-state index contributed by atoms with van der Waals surface area (Å²) in [5, 5.41) is 5.18. The number of anilines is 1. The average molecular weight is 306 g/mol. The van der Waals surface area contributed by atoms with Gasteiger partial charge in [0.15, 0.2) is 6.10 Å². The molecule has 0 aliphatic rings. The van der Waals surface area contributed by atoms with Crippen LogP contribution in [0, 0.1) is 0 Å². The summed E-state index contributed by atoms with van der Waals surface area (Å²) in [4.78, 5) is 34.1. The highest BCUT2D eigenvalue weighted by Gasteiger charge is 2.17. The van der Waals surface area contributed by atoms with Crippen LogP contribution < -0.4 is 10.6 Å². The summed E-state index contributed by atoms with van der Waals surface area (Å²) < 4.78 is 5.01. The number of benzene rings is 1. The fourth-order valence-electron chi connectivity index (χ4n) is 1.72. The fourth-order valence-corrected chi connectivity index (χ4v) is 1.72. The van der Waals surface area contributed by atoms with Crippen molar-refractivity contribution in [3.8, 4) is 0 Å². The highest BCUT2D eigenvalue weighted by atomic mass is 16.5. The summed E-state index contributed by atoms with van der Waals surface area (Å²) in [6.45, 7) is 5.12. The molecule has 2 N–H and O–H groups in total. The average Bonchev–Trinajstić information content (AvgIpc) is 2.47. The van der Waals surface area contributed by atoms with E-state index in [-0.39, 0.29) is 18.9 Å². The van der Waals surface area contributed by atoms with Crippen LogP contribution in [0.1, 0.15) is 32.8 Å². The predicted octanol–water partition coefficient (Wildman–Crippen LogP) is 1.65. The molecule has 0 fully saturated rings. The van der Waals surface area contributed by atoms with Crippen LogP contribution in [0.5, 0.6) is 0 Å². The molecule has 0 saturated heterocycles. The molecule has 1 aromatic carbocycles. The third-order valence-corrected chi connectivity index (χ3v) is 3.01. The number of rotatable bonds is 7. The van der Waals surface area contributed by atoms with Gasteiger partial charge in [-0.15, -0.1) is 0 Å². The molecule has 0 aromatic heterocycles. The summed E-state index contributed by atoms with van der Waals surface area (Å²) in [5.74, 6) is -1.14. The molecule has 2 amide bonds. The zero-order chi connectivity index (χ0) is 16.5. The van der Waals surface area contributed by atoms with Gasteiger partial charge in [-0.3, -0.25) is 14.4 Å². The molecule has 120 valence electrons. The van der Waals surface area contributed by atoms with Crippen LogP contribution in [0.15, 0.2) is 24.3 Å². The number of aryl methyl sites for hydroxylation is 1. The predicted molar refractivity (Wildman–Crippen MR) is 83.3 cm³/mol. The maximum atomic E-state index is 11.9. The lowest BCUT2D eigenvalue weighted by atomic mass is 10.1. The molecule has 22 heavy (non-hydrogen) atoms. The first-order valence-electron chi connectivity index (χ1n) is 7.26. The molecule has 0 radical (unpaired) electrons. The zero-order valence-corrected chi connectivity index (χ0v) is 13.1. The molecule has 0 spiro atoms. The maximum Gasteiger partial charge on any atom is 0.308 e. The minimum Gasteiger partial charge on any atom is -0.452 e. The third kappa shape index (κ3) is 6.39. The Hall–Kier alpha value is -2.37. The number of amides is 2. The van der Waals surface area contributed by atoms with Gasteiger partial charge in [0.05, 0.1) is 6.42 Å². The fraction of sp³-hybridized carbons (Fsp3) is 0.438. The Balaban J connectivity index is 2.40. The van der Waals surface area contributed by atoms with E-state index in [4.69, 9.17) is 4.74 Å². The minimum absolute atomic E-state index is 0.0302. The Morgan fingerprint density at radius 3 is 2.36 bits per heavy atom. The van der Waals surface area contributed by atoms with Crippen LogP contribution in [0.4, 0.5) is 5.69 Å². The first kappa shape index (κ1) is 17.7. The molecular weight excluding hydrogens is 284 g/mol. The van der Waals surface area contributed by atoms with E-state index < -0.39 is 18.0 Å². The lowest BCUT2D eigenvalue weighted by Gasteiger charge is -2.13. The van der Waals surface area contributed by atoms with E-state index in [1.54, 1.807) is 0 Å². The molecule has 0 heterocycles. The zero-order valence-electron chi connectivity index (χ0n) is 13.1. The second-order valence-electron chi connectivity index (χ2n) is 4.90. The molecular formula is C16H22N2O4. The molecule has 0 aliphatic carbocycles. The van der Waals surface area contributed by atoms with Crippen molar-refractivity contribution < 1.29 is 19.1 Å². The number of nitrogens with one attached hydrogen (secondary N) is 2. The van der Waals surface area contributed by atoms with Crippen molar-refractivity contribution >= 4 is 23.5 Å². The standard InChI is InChI=1S/C16H22N2O4/c1-4-13-5-7-14(8-6-13)18-16(21)11(2)22-15(20)9-10-17-12(3)19/h5-8,11H,4,9-10H2,1-3H3,(H,17,19)(H,18,21)/t11-/m1/s1. The van der Waals surface area contributed by atoms with Gasteiger partial charge in [0, 0.05) is 19.2 Å². The first-order chi connectivity index (χ1) is 10.4. The van der Waals surface area contributed by atoms with Crippen LogP contribution in [0.2, 0.25) is 0 Å². The van der Waals surface area contributed by atoms with Crippen molar-refractivity contribution in [3.63, 3.8) is 0 Å². The van der Waals surface area contributed by atoms with E-state index in [0.717, 1.165) is 6.42 Å². The Morgan fingerprint density at radius 2 is 1.82 bits per heavy atom. The Bertz CT molecular complexity index is 525. The van der Waals surface area contributed by atoms with Crippen molar-refractivity contribution in [3.05, 3.63) is 29.8 Å². The summed E-state index contributed by atoms with van der Waals surface area (Å²) in [5.41, 5.74) is 1.83. The van der Waals surface area contributed by atoms with Gasteiger partial charge in [-0.05, 0) is 31.0 Å². The topological polar surface area (TPSA) is 84.5 Å². The van der Waals surface area contributed by atoms with Crippen LogP contribution >= 0.6 is 0 Å². The molecule has 0 unspecified atom stereocenters. The van der Waals surface area contributed by atoms with Crippen molar-refractivity contribution in [2.75, 3.05) is 11.9 Å². The smallest absolute Gasteiger partial charge is 0.308 e. The van der Waals surface area contributed by atoms with E-state index in [2.05, 4.69) is 17.6 Å². The summed E-state index contributed by atoms with van der Waals surface area (Å²) >= 11 is 0. The van der Waals surface area contributed by atoms with Crippen LogP contribution in [0.25, 0.3) is 0 Å². The Morgan fingerprint density at radius 1 is 1.18 bits per heavy atom. The van der Waals surface area contributed by atoms with Gasteiger partial charge in [0.25, 0.3) is 5.91 Å². The molecule has 1 atom stereocenters. The van der Waals surface area contributed by atoms with Gasteiger partial charge < -0.3 is 15.4 Å². The van der Waals surface area contributed by atoms with E-state index in [9.17, 15) is 14.4 Å². The number of carbonyl (C=O) groups is 3. The molecule has 1 aromatic rings. The normalized spacial score (nSPS) is 11.4. The van der Waals surface area contributed by atoms with Crippen molar-refractivity contribution in [2.24, 2.45) is 0 Å². The van der Waals surface area contributed by atoms with Crippen molar-refractivity contribution in [2.45, 2.75) is 39.7 Å². The number of carbonyl (C=O) groups excluding carboxylic acids is 3. The minimum atomic E-state index is -0.893. The largest absolute Gasteiger partial charge is 0.452 e. The second kappa shape index (κ2) is 8.81. The SMILES string of the molecule is CCc1ccc(NC(=O)[C@@H](C)OC(=O)CCNC(C)=O)cc1. The van der Waals surface area contributed by atoms with E-state index in [1.165, 1.54) is 19.4 Å². The Kier molecular flexibility index (Phi) is 7.08. The van der Waals surface area contributed by atoms with Crippen LogP contribution in [0.3, 0.4) is 0 Å². The number of hydrogen-bond donors (Lipinski definition) is 2. The van der Waals surface area contributed by atoms with Crippen LogP contribution in [-0.2, 0) is 25.5 Å². The number of esters is 1. The van der Waals surface area contributed by atoms with Gasteiger partial charge in [-0.1, -0.05) is 19.1 Å². The summed E-state index contributed by atoms with van der Waals surface area (Å²) in [7, 11) is 0. The molecule has 0 bridgehead atoms. The summed E-state index contributed by atoms with van der Waals surface area (Å²) in [6.07, 6.45) is 0.0644. The van der Waals surface area contributed by atoms with Crippen molar-refractivity contribution in [1.82, 2.24) is 5.32 Å². The second-order valence-corrected chi connectivity index (χ2v) is 4.90. The van der Waals surface area contributed by atoms with Gasteiger partial charge in [-0.25, -0.2) is 0 Å². The molecule has 0 aliphatic heterocycles. The molecule has 6 heteroatoms. The summed E-state index contributed by atoms with van der Waals surface area (Å²) in [6, 6.07) is 7.48.